The van der Waals surface area contributed by atoms with E-state index in [0.717, 1.165) is 6.42 Å². The van der Waals surface area contributed by atoms with Crippen LogP contribution in [0.4, 0.5) is 0 Å². The summed E-state index contributed by atoms with van der Waals surface area (Å²) >= 11 is 0. The van der Waals surface area contributed by atoms with E-state index in [1.807, 2.05) is 41.5 Å². The molecule has 0 aromatic carbocycles. The largest absolute Gasteiger partial charge is 0.283 e. The number of nitrogens with zero attached hydrogens (tertiary/aromatic N) is 1. The molecular formula is C18H40N2. The zero-order chi connectivity index (χ0) is 16.6. The number of hydrogen-bond acceptors (Lipinski definition) is 2. The summed E-state index contributed by atoms with van der Waals surface area (Å²) < 4.78 is 0. The zero-order valence-corrected chi connectivity index (χ0v) is 15.9. The van der Waals surface area contributed by atoms with Crippen LogP contribution in [0.1, 0.15) is 94.9 Å². The molecule has 0 saturated carbocycles. The third-order valence-corrected chi connectivity index (χ3v) is 3.03. The highest BCUT2D eigenvalue weighted by Gasteiger charge is 2.21. The summed E-state index contributed by atoms with van der Waals surface area (Å²) in [7, 11) is 0. The molecule has 1 aliphatic heterocycles. The monoisotopic (exact) mass is 284 g/mol. The van der Waals surface area contributed by atoms with Gasteiger partial charge in [0.1, 0.15) is 0 Å². The fourth-order valence-electron chi connectivity index (χ4n) is 2.14. The molecule has 0 aliphatic carbocycles. The Kier molecular flexibility index (Phi) is 22.1. The van der Waals surface area contributed by atoms with Crippen molar-refractivity contribution < 1.29 is 0 Å². The minimum atomic E-state index is 0.598. The van der Waals surface area contributed by atoms with Crippen molar-refractivity contribution in [2.24, 2.45) is 11.0 Å². The molecule has 1 heterocycles. The van der Waals surface area contributed by atoms with E-state index in [4.69, 9.17) is 0 Å². The first kappa shape index (κ1) is 24.2. The fourth-order valence-corrected chi connectivity index (χ4v) is 2.14. The van der Waals surface area contributed by atoms with E-state index in [0.29, 0.717) is 5.92 Å². The van der Waals surface area contributed by atoms with Crippen LogP contribution in [0.25, 0.3) is 0 Å². The van der Waals surface area contributed by atoms with Gasteiger partial charge in [-0.3, -0.25) is 5.43 Å². The van der Waals surface area contributed by atoms with Crippen molar-refractivity contribution in [1.82, 2.24) is 5.43 Å². The minimum Gasteiger partial charge on any atom is -0.283 e. The summed E-state index contributed by atoms with van der Waals surface area (Å²) in [5.41, 5.74) is 7.17. The van der Waals surface area contributed by atoms with Gasteiger partial charge in [-0.1, -0.05) is 68.2 Å². The zero-order valence-electron chi connectivity index (χ0n) is 15.9. The maximum Gasteiger partial charge on any atom is 0.0423 e. The van der Waals surface area contributed by atoms with Gasteiger partial charge in [-0.2, -0.15) is 5.10 Å². The third kappa shape index (κ3) is 9.17. The highest BCUT2D eigenvalue weighted by molar-refractivity contribution is 5.87. The molecule has 2 heteroatoms. The molecule has 0 fully saturated rings. The topological polar surface area (TPSA) is 24.4 Å². The van der Waals surface area contributed by atoms with E-state index in [9.17, 15) is 0 Å². The summed E-state index contributed by atoms with van der Waals surface area (Å²) in [4.78, 5) is 0. The van der Waals surface area contributed by atoms with Gasteiger partial charge in [0.15, 0.2) is 0 Å². The van der Waals surface area contributed by atoms with E-state index < -0.39 is 0 Å². The van der Waals surface area contributed by atoms with Crippen LogP contribution in [0.15, 0.2) is 16.4 Å². The highest BCUT2D eigenvalue weighted by atomic mass is 15.3. The predicted octanol–water partition coefficient (Wildman–Crippen LogP) is 6.53. The van der Waals surface area contributed by atoms with E-state index in [-0.39, 0.29) is 0 Å². The van der Waals surface area contributed by atoms with E-state index in [1.54, 1.807) is 5.57 Å². The molecule has 0 bridgehead atoms. The van der Waals surface area contributed by atoms with Crippen molar-refractivity contribution in [2.45, 2.75) is 94.9 Å². The van der Waals surface area contributed by atoms with Gasteiger partial charge in [0.05, 0.1) is 0 Å². The van der Waals surface area contributed by atoms with Crippen molar-refractivity contribution in [1.29, 1.82) is 0 Å². The smallest absolute Gasteiger partial charge is 0.0423 e. The van der Waals surface area contributed by atoms with Crippen molar-refractivity contribution in [3.8, 4) is 0 Å². The third-order valence-electron chi connectivity index (χ3n) is 3.03. The Morgan fingerprint density at radius 1 is 0.950 bits per heavy atom. The predicted molar refractivity (Wildman–Crippen MR) is 96.3 cm³/mol. The van der Waals surface area contributed by atoms with Gasteiger partial charge in [0, 0.05) is 17.3 Å². The normalized spacial score (nSPS) is 16.3. The van der Waals surface area contributed by atoms with E-state index in [2.05, 4.69) is 38.2 Å². The number of unbranched alkanes of at least 4 members (excludes halogenated alkanes) is 1. The maximum absolute atomic E-state index is 4.35. The molecule has 0 saturated heterocycles. The number of allylic oxidation sites excluding steroid dienone is 2. The Morgan fingerprint density at radius 2 is 1.45 bits per heavy atom. The molecule has 1 aliphatic rings. The Bertz CT molecular complexity index is 252. The fraction of sp³-hybridized carbons (Fsp3) is 0.833. The average molecular weight is 285 g/mol. The first-order chi connectivity index (χ1) is 9.70. The lowest BCUT2D eigenvalue weighted by Gasteiger charge is -2.26. The number of nitrogens with one attached hydrogen (secondary N) is 1. The van der Waals surface area contributed by atoms with Gasteiger partial charge in [-0.15, -0.1) is 0 Å². The molecule has 1 rings (SSSR count). The van der Waals surface area contributed by atoms with Gasteiger partial charge < -0.3 is 0 Å². The van der Waals surface area contributed by atoms with Crippen LogP contribution in [-0.4, -0.2) is 5.71 Å². The molecular weight excluding hydrogens is 244 g/mol. The lowest BCUT2D eigenvalue weighted by atomic mass is 9.86. The van der Waals surface area contributed by atoms with Gasteiger partial charge in [-0.25, -0.2) is 0 Å². The van der Waals surface area contributed by atoms with E-state index in [1.165, 1.54) is 30.7 Å². The Hall–Kier alpha value is -0.790. The molecule has 1 N–H and O–H groups in total. The van der Waals surface area contributed by atoms with Crippen LogP contribution in [-0.2, 0) is 0 Å². The first-order valence-electron chi connectivity index (χ1n) is 8.70. The Balaban J connectivity index is -0.000000425. The Morgan fingerprint density at radius 3 is 1.85 bits per heavy atom. The lowest BCUT2D eigenvalue weighted by Crippen LogP contribution is -2.25. The van der Waals surface area contributed by atoms with Crippen molar-refractivity contribution >= 4 is 5.71 Å². The van der Waals surface area contributed by atoms with E-state index >= 15 is 0 Å². The summed E-state index contributed by atoms with van der Waals surface area (Å²) in [5, 5.41) is 4.35. The molecule has 0 amide bonds. The number of rotatable bonds is 4. The molecule has 0 aromatic rings. The van der Waals surface area contributed by atoms with Crippen molar-refractivity contribution in [2.75, 3.05) is 0 Å². The average Bonchev–Trinajstić information content (AvgIpc) is 2.54. The SMILES string of the molecule is CC.CC.CC.CCCCC1C(C)=NNC(C)=C1CC. The highest BCUT2D eigenvalue weighted by Crippen LogP contribution is 2.27. The molecule has 20 heavy (non-hydrogen) atoms. The van der Waals surface area contributed by atoms with Gasteiger partial charge in [-0.05, 0) is 32.3 Å². The van der Waals surface area contributed by atoms with Crippen LogP contribution in [0.3, 0.4) is 0 Å². The summed E-state index contributed by atoms with van der Waals surface area (Å²) in [6, 6.07) is 0. The van der Waals surface area contributed by atoms with Crippen LogP contribution < -0.4 is 5.43 Å². The lowest BCUT2D eigenvalue weighted by molar-refractivity contribution is 0.595. The summed E-state index contributed by atoms with van der Waals surface area (Å²) in [6.07, 6.45) is 4.97. The number of hydrazone groups is 1. The first-order valence-corrected chi connectivity index (χ1v) is 8.70. The van der Waals surface area contributed by atoms with Crippen molar-refractivity contribution in [3.63, 3.8) is 0 Å². The molecule has 1 unspecified atom stereocenters. The van der Waals surface area contributed by atoms with Crippen LogP contribution in [0.2, 0.25) is 0 Å². The molecule has 1 atom stereocenters. The maximum atomic E-state index is 4.35. The Labute approximate surface area is 129 Å². The molecule has 2 nitrogen and oxygen atoms in total. The minimum absolute atomic E-state index is 0.598. The second-order valence-corrected chi connectivity index (χ2v) is 4.06. The van der Waals surface area contributed by atoms with Crippen molar-refractivity contribution in [3.05, 3.63) is 11.3 Å². The quantitative estimate of drug-likeness (QED) is 0.623. The van der Waals surface area contributed by atoms with Gasteiger partial charge in [0.25, 0.3) is 0 Å². The number of hydrogen-bond donors (Lipinski definition) is 1. The molecule has 122 valence electrons. The molecule has 0 aromatic heterocycles. The second kappa shape index (κ2) is 18.2. The van der Waals surface area contributed by atoms with Crippen LogP contribution in [0, 0.1) is 5.92 Å². The summed E-state index contributed by atoms with van der Waals surface area (Å²) in [5.74, 6) is 0.598. The summed E-state index contributed by atoms with van der Waals surface area (Å²) in [6.45, 7) is 20.7. The molecule has 0 radical (unpaired) electrons. The standard InChI is InChI=1S/C12H22N2.3C2H6/c1-5-7-8-12-10(4)14-13-9(3)11(12)6-2;3*1-2/h12-13H,5-8H2,1-4H3;3*1-2H3. The van der Waals surface area contributed by atoms with Gasteiger partial charge in [0.2, 0.25) is 0 Å². The van der Waals surface area contributed by atoms with Crippen LogP contribution in [0.5, 0.6) is 0 Å². The second-order valence-electron chi connectivity index (χ2n) is 4.06. The molecule has 0 spiro atoms. The van der Waals surface area contributed by atoms with Crippen LogP contribution >= 0.6 is 0 Å². The van der Waals surface area contributed by atoms with Gasteiger partial charge >= 0.3 is 0 Å².